The average molecular weight is 429 g/mol. The molecule has 0 saturated heterocycles. The number of carbonyl (C=O) groups is 1. The van der Waals surface area contributed by atoms with Gasteiger partial charge in [0, 0.05) is 18.2 Å². The van der Waals surface area contributed by atoms with Crippen molar-refractivity contribution in [2.45, 2.75) is 13.5 Å². The summed E-state index contributed by atoms with van der Waals surface area (Å²) in [6.45, 7) is 2.21. The molecule has 6 heteroatoms. The van der Waals surface area contributed by atoms with Gasteiger partial charge in [-0.05, 0) is 55.5 Å². The van der Waals surface area contributed by atoms with Gasteiger partial charge in [-0.1, -0.05) is 30.3 Å². The van der Waals surface area contributed by atoms with Crippen LogP contribution < -0.4 is 9.47 Å². The van der Waals surface area contributed by atoms with E-state index in [1.807, 2.05) is 43.3 Å². The number of aryl methyl sites for hydroxylation is 1. The first kappa shape index (κ1) is 21.3. The van der Waals surface area contributed by atoms with Gasteiger partial charge < -0.3 is 18.6 Å². The van der Waals surface area contributed by atoms with E-state index in [4.69, 9.17) is 18.6 Å². The van der Waals surface area contributed by atoms with Crippen LogP contribution in [0.25, 0.3) is 11.5 Å². The molecule has 0 spiro atoms. The van der Waals surface area contributed by atoms with Crippen LogP contribution in [0.5, 0.6) is 11.5 Å². The highest BCUT2D eigenvalue weighted by atomic mass is 16.7. The fraction of sp³-hybridized carbons (Fsp3) is 0.154. The van der Waals surface area contributed by atoms with Crippen LogP contribution in [0.3, 0.4) is 0 Å². The topological polar surface area (TPSA) is 70.8 Å². The van der Waals surface area contributed by atoms with Crippen molar-refractivity contribution < 1.29 is 23.4 Å². The van der Waals surface area contributed by atoms with Crippen molar-refractivity contribution in [3.63, 3.8) is 0 Å². The van der Waals surface area contributed by atoms with E-state index in [0.717, 1.165) is 11.3 Å². The molecule has 3 aromatic carbocycles. The molecule has 0 amide bonds. The highest BCUT2D eigenvalue weighted by molar-refractivity contribution is 6.10. The van der Waals surface area contributed by atoms with Gasteiger partial charge in [0.15, 0.2) is 12.6 Å². The third kappa shape index (κ3) is 4.87. The lowest BCUT2D eigenvalue weighted by molar-refractivity contribution is 0.0503. The third-order valence-electron chi connectivity index (χ3n) is 4.87. The molecule has 0 aliphatic rings. The first-order chi connectivity index (χ1) is 15.7. The lowest BCUT2D eigenvalue weighted by Crippen LogP contribution is -2.07. The van der Waals surface area contributed by atoms with E-state index in [-0.39, 0.29) is 19.2 Å². The molecule has 0 bridgehead atoms. The molecule has 0 aliphatic carbocycles. The van der Waals surface area contributed by atoms with E-state index in [0.29, 0.717) is 34.3 Å². The van der Waals surface area contributed by atoms with Crippen LogP contribution in [-0.4, -0.2) is 24.7 Å². The molecular formula is C26H23NO5. The van der Waals surface area contributed by atoms with Crippen molar-refractivity contribution in [3.05, 3.63) is 101 Å². The molecule has 0 unspecified atom stereocenters. The molecule has 1 heterocycles. The summed E-state index contributed by atoms with van der Waals surface area (Å²) in [6, 6.07) is 23.8. The molecule has 162 valence electrons. The van der Waals surface area contributed by atoms with Crippen LogP contribution in [0.2, 0.25) is 0 Å². The molecule has 4 aromatic rings. The van der Waals surface area contributed by atoms with Crippen LogP contribution in [0.1, 0.15) is 27.4 Å². The van der Waals surface area contributed by atoms with Crippen LogP contribution in [0.4, 0.5) is 0 Å². The van der Waals surface area contributed by atoms with Crippen LogP contribution >= 0.6 is 0 Å². The van der Waals surface area contributed by atoms with Crippen LogP contribution in [-0.2, 0) is 11.3 Å². The zero-order chi connectivity index (χ0) is 22.3. The van der Waals surface area contributed by atoms with Crippen LogP contribution in [0.15, 0.2) is 83.3 Å². The lowest BCUT2D eigenvalue weighted by atomic mass is 10.0. The Bertz CT molecular complexity index is 1180. The van der Waals surface area contributed by atoms with E-state index in [1.165, 1.54) is 7.11 Å². The minimum Gasteiger partial charge on any atom is -0.487 e. The number of ether oxygens (including phenoxy) is 3. The number of rotatable bonds is 9. The predicted molar refractivity (Wildman–Crippen MR) is 120 cm³/mol. The summed E-state index contributed by atoms with van der Waals surface area (Å²) < 4.78 is 22.1. The number of benzene rings is 3. The Morgan fingerprint density at radius 3 is 2.38 bits per heavy atom. The lowest BCUT2D eigenvalue weighted by Gasteiger charge is -2.10. The summed E-state index contributed by atoms with van der Waals surface area (Å²) in [5.41, 5.74) is 2.66. The number of methoxy groups -OCH3 is 1. The molecular weight excluding hydrogens is 406 g/mol. The quantitative estimate of drug-likeness (QED) is 0.261. The molecule has 0 aliphatic heterocycles. The average Bonchev–Trinajstić information content (AvgIpc) is 3.22. The van der Waals surface area contributed by atoms with Gasteiger partial charge in [0.05, 0.1) is 5.56 Å². The fourth-order valence-electron chi connectivity index (χ4n) is 3.18. The van der Waals surface area contributed by atoms with E-state index < -0.39 is 0 Å². The van der Waals surface area contributed by atoms with E-state index in [1.54, 1.807) is 42.5 Å². The number of aromatic nitrogens is 1. The summed E-state index contributed by atoms with van der Waals surface area (Å²) in [7, 11) is 1.53. The number of carbonyl (C=O) groups excluding carboxylic acids is 1. The Kier molecular flexibility index (Phi) is 6.63. The largest absolute Gasteiger partial charge is 0.487 e. The maximum atomic E-state index is 12.9. The maximum absolute atomic E-state index is 12.9. The predicted octanol–water partition coefficient (Wildman–Crippen LogP) is 5.44. The van der Waals surface area contributed by atoms with Crippen molar-refractivity contribution in [2.24, 2.45) is 0 Å². The Morgan fingerprint density at radius 1 is 0.906 bits per heavy atom. The van der Waals surface area contributed by atoms with E-state index in [2.05, 4.69) is 4.98 Å². The van der Waals surface area contributed by atoms with E-state index in [9.17, 15) is 4.79 Å². The molecule has 0 atom stereocenters. The van der Waals surface area contributed by atoms with Gasteiger partial charge in [-0.2, -0.15) is 0 Å². The molecule has 32 heavy (non-hydrogen) atoms. The SMILES string of the molecule is COCOc1ccccc1C(=O)c1ccc(OCc2nc(-c3ccccc3)oc2C)cc1. The molecule has 6 nitrogen and oxygen atoms in total. The second kappa shape index (κ2) is 9.94. The maximum Gasteiger partial charge on any atom is 0.226 e. The second-order valence-corrected chi connectivity index (χ2v) is 7.08. The zero-order valence-electron chi connectivity index (χ0n) is 17.9. The summed E-state index contributed by atoms with van der Waals surface area (Å²) >= 11 is 0. The Balaban J connectivity index is 1.43. The Morgan fingerprint density at radius 2 is 1.62 bits per heavy atom. The normalized spacial score (nSPS) is 10.7. The third-order valence-corrected chi connectivity index (χ3v) is 4.87. The number of ketones is 1. The van der Waals surface area contributed by atoms with Gasteiger partial charge in [0.25, 0.3) is 0 Å². The minimum atomic E-state index is -0.136. The van der Waals surface area contributed by atoms with Gasteiger partial charge in [-0.25, -0.2) is 4.98 Å². The molecule has 0 saturated carbocycles. The van der Waals surface area contributed by atoms with Gasteiger partial charge in [0.1, 0.15) is 29.6 Å². The van der Waals surface area contributed by atoms with E-state index >= 15 is 0 Å². The Hall–Kier alpha value is -3.90. The number of para-hydroxylation sites is 1. The molecule has 1 aromatic heterocycles. The smallest absolute Gasteiger partial charge is 0.226 e. The summed E-state index contributed by atoms with van der Waals surface area (Å²) in [5, 5.41) is 0. The number of hydrogen-bond donors (Lipinski definition) is 0. The zero-order valence-corrected chi connectivity index (χ0v) is 17.9. The first-order valence-corrected chi connectivity index (χ1v) is 10.2. The Labute approximate surface area is 186 Å². The number of hydrogen-bond acceptors (Lipinski definition) is 6. The fourth-order valence-corrected chi connectivity index (χ4v) is 3.18. The van der Waals surface area contributed by atoms with Crippen molar-refractivity contribution in [2.75, 3.05) is 13.9 Å². The summed E-state index contributed by atoms with van der Waals surface area (Å²) in [5.74, 6) is 2.26. The monoisotopic (exact) mass is 429 g/mol. The molecule has 0 N–H and O–H groups in total. The molecule has 4 rings (SSSR count). The van der Waals surface area contributed by atoms with Gasteiger partial charge in [-0.3, -0.25) is 4.79 Å². The van der Waals surface area contributed by atoms with Crippen molar-refractivity contribution >= 4 is 5.78 Å². The van der Waals surface area contributed by atoms with Crippen molar-refractivity contribution in [1.82, 2.24) is 4.98 Å². The molecule has 0 radical (unpaired) electrons. The highest BCUT2D eigenvalue weighted by Gasteiger charge is 2.15. The van der Waals surface area contributed by atoms with Gasteiger partial charge in [-0.15, -0.1) is 0 Å². The van der Waals surface area contributed by atoms with Crippen LogP contribution in [0, 0.1) is 6.92 Å². The highest BCUT2D eigenvalue weighted by Crippen LogP contribution is 2.25. The molecule has 0 fully saturated rings. The van der Waals surface area contributed by atoms with Gasteiger partial charge >= 0.3 is 0 Å². The van der Waals surface area contributed by atoms with Crippen molar-refractivity contribution in [1.29, 1.82) is 0 Å². The number of oxazole rings is 1. The minimum absolute atomic E-state index is 0.0739. The van der Waals surface area contributed by atoms with Crippen molar-refractivity contribution in [3.8, 4) is 23.0 Å². The second-order valence-electron chi connectivity index (χ2n) is 7.08. The van der Waals surface area contributed by atoms with Gasteiger partial charge in [0.2, 0.25) is 5.89 Å². The standard InChI is InChI=1S/C26H23NO5/c1-18-23(27-26(32-18)20-8-4-3-5-9-20)16-30-21-14-12-19(13-15-21)25(28)22-10-6-7-11-24(22)31-17-29-2/h3-15H,16-17H2,1-2H3. The first-order valence-electron chi connectivity index (χ1n) is 10.2. The number of nitrogens with zero attached hydrogens (tertiary/aromatic N) is 1. The summed E-state index contributed by atoms with van der Waals surface area (Å²) in [4.78, 5) is 17.5. The summed E-state index contributed by atoms with van der Waals surface area (Å²) in [6.07, 6.45) is 0.